The van der Waals surface area contributed by atoms with E-state index >= 15 is 0 Å². The average Bonchev–Trinajstić information content (AvgIpc) is 1.61. The van der Waals surface area contributed by atoms with E-state index in [-0.39, 0.29) is 17.8 Å². The lowest BCUT2D eigenvalue weighted by Gasteiger charge is -2.16. The Bertz CT molecular complexity index is 6610. The van der Waals surface area contributed by atoms with Crippen molar-refractivity contribution in [2.75, 3.05) is 0 Å². The smallest absolute Gasteiger partial charge is 0.164 e. The molecule has 0 aliphatic carbocycles. The summed E-state index contributed by atoms with van der Waals surface area (Å²) in [5.74, 6) is 7.01. The van der Waals surface area contributed by atoms with Crippen molar-refractivity contribution in [2.24, 2.45) is 0 Å². The van der Waals surface area contributed by atoms with Gasteiger partial charge in [0.25, 0.3) is 0 Å². The van der Waals surface area contributed by atoms with Crippen molar-refractivity contribution in [1.29, 1.82) is 0 Å². The Labute approximate surface area is 693 Å². The van der Waals surface area contributed by atoms with Crippen molar-refractivity contribution >= 4 is 43.6 Å². The molecule has 0 saturated heterocycles. The first-order chi connectivity index (χ1) is 58.5. The molecule has 0 spiro atoms. The minimum atomic E-state index is 0.119. The lowest BCUT2D eigenvalue weighted by molar-refractivity contribution is 0.766. The van der Waals surface area contributed by atoms with Gasteiger partial charge in [-0.3, -0.25) is 0 Å². The first kappa shape index (κ1) is 75.3. The maximum Gasteiger partial charge on any atom is 0.164 e. The molecule has 119 heavy (non-hydrogen) atoms. The highest BCUT2D eigenvalue weighted by molar-refractivity contribution is 6.10. The lowest BCUT2D eigenvalue weighted by Crippen LogP contribution is -2.05. The van der Waals surface area contributed by atoms with Gasteiger partial charge in [-0.25, -0.2) is 44.9 Å². The van der Waals surface area contributed by atoms with Crippen LogP contribution in [0.2, 0.25) is 0 Å². The van der Waals surface area contributed by atoms with Crippen LogP contribution >= 0.6 is 0 Å². The third-order valence-corrected chi connectivity index (χ3v) is 21.6. The number of rotatable bonds is 16. The number of aromatic nitrogens is 11. The minimum Gasteiger partial charge on any atom is -0.309 e. The summed E-state index contributed by atoms with van der Waals surface area (Å²) in [7, 11) is 0. The van der Waals surface area contributed by atoms with Crippen molar-refractivity contribution in [1.82, 2.24) is 54.0 Å². The van der Waals surface area contributed by atoms with Crippen LogP contribution in [0.15, 0.2) is 388 Å². The Balaban J connectivity index is 0.000000127. The zero-order valence-corrected chi connectivity index (χ0v) is 67.1. The molecule has 572 valence electrons. The molecule has 0 unspecified atom stereocenters. The Morgan fingerprint density at radius 1 is 0.168 bits per heavy atom. The standard InChI is InChI=1S/C42H31N5.C42H33N3.C24H21N3/c1-27(2)40-43-41(28-19-23-30(24-20-28)46-36-15-7-3-11-32(36)33-12-4-8-16-37(33)46)45-42(44-40)29-21-25-31(26-22-29)47-38-17-9-5-13-34(38)35-14-6-10-18-39(35)47;1-29(2)40-43-41(37-26-35(31-17-9-4-10-18-31)25-36(27-37)32-19-11-5-12-20-32)45-42(44-40)39-28-34(30-15-7-3-8-16-30)23-24-38(39)33-21-13-6-14-22-33;1-17(2)22-25-23(20-11-7-4-8-12-20)27-24(26-22)21-15-13-19(14-16-21)18-9-5-3-6-10-18/h3-27H,1-2H3;3-29H,1-2H3;3-17H,1-2H3. The summed E-state index contributed by atoms with van der Waals surface area (Å²) in [6, 6.07) is 135. The molecule has 11 nitrogen and oxygen atoms in total. The van der Waals surface area contributed by atoms with E-state index in [4.69, 9.17) is 39.9 Å². The molecule has 0 aliphatic rings. The van der Waals surface area contributed by atoms with Crippen LogP contribution < -0.4 is 0 Å². The fraction of sp³-hybridized carbons (Fsp3) is 0.0833. The van der Waals surface area contributed by atoms with E-state index in [1.165, 1.54) is 54.7 Å². The largest absolute Gasteiger partial charge is 0.309 e. The SMILES string of the molecule is CC(C)c1nc(-c2cc(-c3ccccc3)cc(-c3ccccc3)c2)nc(-c2cc(-c3ccccc3)ccc2-c2ccccc2)n1.CC(C)c1nc(-c2ccc(-n3c4ccccc4c4ccccc43)cc2)nc(-c2ccc(-n3c4ccccc4c4ccccc43)cc2)n1.CC(C)c1nc(-c2ccccc2)nc(-c2ccc(-c3ccccc3)cc2)n1. The second-order valence-electron chi connectivity index (χ2n) is 30.7. The lowest BCUT2D eigenvalue weighted by atomic mass is 9.94. The number of hydrogen-bond acceptors (Lipinski definition) is 9. The van der Waals surface area contributed by atoms with Crippen LogP contribution in [0, 0.1) is 0 Å². The number of para-hydroxylation sites is 4. The van der Waals surface area contributed by atoms with E-state index in [1.54, 1.807) is 0 Å². The molecule has 20 rings (SSSR count). The average molecular weight is 1540 g/mol. The van der Waals surface area contributed by atoms with E-state index in [9.17, 15) is 0 Å². The van der Waals surface area contributed by atoms with Gasteiger partial charge in [0.1, 0.15) is 17.5 Å². The molecular weight excluding hydrogens is 1450 g/mol. The Kier molecular flexibility index (Phi) is 21.4. The molecule has 0 radical (unpaired) electrons. The first-order valence-corrected chi connectivity index (χ1v) is 40.7. The normalized spacial score (nSPS) is 11.3. The Morgan fingerprint density at radius 2 is 0.403 bits per heavy atom. The summed E-state index contributed by atoms with van der Waals surface area (Å²) < 4.78 is 4.65. The Morgan fingerprint density at radius 3 is 0.756 bits per heavy atom. The van der Waals surface area contributed by atoms with Crippen molar-refractivity contribution in [3.05, 3.63) is 406 Å². The molecule has 0 N–H and O–H groups in total. The molecule has 0 fully saturated rings. The quantitative estimate of drug-likeness (QED) is 0.0929. The second kappa shape index (κ2) is 33.8. The molecule has 0 amide bonds. The van der Waals surface area contributed by atoms with Crippen LogP contribution in [-0.4, -0.2) is 54.0 Å². The molecule has 0 bridgehead atoms. The highest BCUT2D eigenvalue weighted by Gasteiger charge is 2.22. The van der Waals surface area contributed by atoms with Crippen LogP contribution in [0.4, 0.5) is 0 Å². The third-order valence-electron chi connectivity index (χ3n) is 21.6. The van der Waals surface area contributed by atoms with Crippen LogP contribution in [0.1, 0.15) is 76.8 Å². The maximum atomic E-state index is 5.22. The van der Waals surface area contributed by atoms with Crippen LogP contribution in [-0.2, 0) is 0 Å². The highest BCUT2D eigenvalue weighted by atomic mass is 15.1. The van der Waals surface area contributed by atoms with Gasteiger partial charge in [-0.15, -0.1) is 0 Å². The number of hydrogen-bond donors (Lipinski definition) is 0. The zero-order valence-electron chi connectivity index (χ0n) is 67.1. The van der Waals surface area contributed by atoms with E-state index in [2.05, 4.69) is 383 Å². The van der Waals surface area contributed by atoms with E-state index in [0.29, 0.717) is 29.1 Å². The van der Waals surface area contributed by atoms with Crippen molar-refractivity contribution in [3.8, 4) is 135 Å². The van der Waals surface area contributed by atoms with E-state index in [1.807, 2.05) is 60.7 Å². The molecule has 5 aromatic heterocycles. The molecule has 0 saturated carbocycles. The van der Waals surface area contributed by atoms with Crippen LogP contribution in [0.5, 0.6) is 0 Å². The molecule has 0 aliphatic heterocycles. The van der Waals surface area contributed by atoms with Crippen molar-refractivity contribution in [3.63, 3.8) is 0 Å². The van der Waals surface area contributed by atoms with E-state index in [0.717, 1.165) is 113 Å². The van der Waals surface area contributed by atoms with Crippen molar-refractivity contribution < 1.29 is 0 Å². The highest BCUT2D eigenvalue weighted by Crippen LogP contribution is 2.40. The molecule has 0 atom stereocenters. The first-order valence-electron chi connectivity index (χ1n) is 40.7. The van der Waals surface area contributed by atoms with Gasteiger partial charge in [0, 0.05) is 84.1 Å². The van der Waals surface area contributed by atoms with Gasteiger partial charge in [0.05, 0.1) is 22.1 Å². The fourth-order valence-electron chi connectivity index (χ4n) is 15.4. The molecular formula is C108H85N11. The summed E-state index contributed by atoms with van der Waals surface area (Å²) in [6.45, 7) is 12.7. The predicted octanol–water partition coefficient (Wildman–Crippen LogP) is 27.5. The Hall–Kier alpha value is -15.1. The zero-order chi connectivity index (χ0) is 80.7. The van der Waals surface area contributed by atoms with Crippen LogP contribution in [0.3, 0.4) is 0 Å². The molecule has 20 aromatic rings. The summed E-state index contributed by atoms with van der Waals surface area (Å²) >= 11 is 0. The monoisotopic (exact) mass is 1540 g/mol. The van der Waals surface area contributed by atoms with Gasteiger partial charge in [0.2, 0.25) is 0 Å². The molecule has 15 aromatic carbocycles. The molecule has 5 heterocycles. The van der Waals surface area contributed by atoms with Crippen LogP contribution in [0.25, 0.3) is 179 Å². The summed E-state index contributed by atoms with van der Waals surface area (Å²) in [4.78, 5) is 44.3. The topological polar surface area (TPSA) is 126 Å². The molecule has 11 heteroatoms. The minimum absolute atomic E-state index is 0.119. The van der Waals surface area contributed by atoms with Gasteiger partial charge in [-0.05, 0) is 153 Å². The van der Waals surface area contributed by atoms with Gasteiger partial charge < -0.3 is 9.13 Å². The summed E-state index contributed by atoms with van der Waals surface area (Å²) in [5, 5.41) is 5.00. The van der Waals surface area contributed by atoms with Gasteiger partial charge in [0.15, 0.2) is 34.9 Å². The summed E-state index contributed by atoms with van der Waals surface area (Å²) in [5.41, 5.74) is 24.2. The van der Waals surface area contributed by atoms with Crippen molar-refractivity contribution in [2.45, 2.75) is 59.3 Å². The van der Waals surface area contributed by atoms with E-state index < -0.39 is 0 Å². The number of fused-ring (bicyclic) bond motifs is 6. The van der Waals surface area contributed by atoms with Gasteiger partial charge >= 0.3 is 0 Å². The number of nitrogens with zero attached hydrogens (tertiary/aromatic N) is 11. The second-order valence-corrected chi connectivity index (χ2v) is 30.7. The van der Waals surface area contributed by atoms with Gasteiger partial charge in [-0.2, -0.15) is 0 Å². The summed E-state index contributed by atoms with van der Waals surface area (Å²) in [6.07, 6.45) is 0. The fourth-order valence-corrected chi connectivity index (χ4v) is 15.4. The maximum absolute atomic E-state index is 5.22. The number of benzene rings is 15. The third kappa shape index (κ3) is 16.0. The van der Waals surface area contributed by atoms with Gasteiger partial charge in [-0.1, -0.05) is 333 Å². The predicted molar refractivity (Wildman–Crippen MR) is 490 cm³/mol.